The molecule has 0 saturated heterocycles. The molecule has 0 radical (unpaired) electrons. The largest absolute Gasteiger partial charge is 0.378 e. The van der Waals surface area contributed by atoms with Gasteiger partial charge < -0.3 is 20.7 Å². The molecule has 1 fully saturated rings. The summed E-state index contributed by atoms with van der Waals surface area (Å²) in [7, 11) is 0. The van der Waals surface area contributed by atoms with Crippen molar-refractivity contribution in [3.63, 3.8) is 0 Å². The number of carbonyl (C=O) groups excluding carboxylic acids is 1. The van der Waals surface area contributed by atoms with Crippen LogP contribution in [-0.4, -0.2) is 42.2 Å². The molecule has 0 bridgehead atoms. The van der Waals surface area contributed by atoms with Crippen molar-refractivity contribution < 1.29 is 9.53 Å². The Bertz CT molecular complexity index is 594. The minimum Gasteiger partial charge on any atom is -0.378 e. The summed E-state index contributed by atoms with van der Waals surface area (Å²) in [4.78, 5) is 19.3. The molecule has 0 aromatic carbocycles. The molecular weight excluding hydrogens is 387 g/mol. The van der Waals surface area contributed by atoms with E-state index in [0.29, 0.717) is 19.6 Å². The quantitative estimate of drug-likeness (QED) is 0.675. The van der Waals surface area contributed by atoms with Gasteiger partial charge in [-0.3, -0.25) is 4.79 Å². The van der Waals surface area contributed by atoms with E-state index in [1.54, 1.807) is 0 Å². The monoisotopic (exact) mass is 420 g/mol. The molecule has 6 nitrogen and oxygen atoms in total. The number of aromatic nitrogens is 1. The SMILES string of the molecule is CCOC1CC(N)(C(=O)NCc2ccc(N(CC)CC)nc2)C1(C)C.Cl.Cl. The highest BCUT2D eigenvalue weighted by molar-refractivity contribution is 5.88. The van der Waals surface area contributed by atoms with E-state index in [1.165, 1.54) is 0 Å². The van der Waals surface area contributed by atoms with Crippen LogP contribution in [0, 0.1) is 5.41 Å². The summed E-state index contributed by atoms with van der Waals surface area (Å²) in [6, 6.07) is 3.99. The van der Waals surface area contributed by atoms with E-state index in [-0.39, 0.29) is 42.2 Å². The van der Waals surface area contributed by atoms with Crippen LogP contribution in [0.15, 0.2) is 18.3 Å². The van der Waals surface area contributed by atoms with Crippen LogP contribution in [0.5, 0.6) is 0 Å². The Morgan fingerprint density at radius 1 is 1.30 bits per heavy atom. The van der Waals surface area contributed by atoms with Crippen LogP contribution in [0.3, 0.4) is 0 Å². The summed E-state index contributed by atoms with van der Waals surface area (Å²) < 4.78 is 5.68. The topological polar surface area (TPSA) is 80.5 Å². The number of carbonyl (C=O) groups is 1. The summed E-state index contributed by atoms with van der Waals surface area (Å²) in [6.45, 7) is 13.1. The molecule has 27 heavy (non-hydrogen) atoms. The predicted octanol–water partition coefficient (Wildman–Crippen LogP) is 2.92. The number of anilines is 1. The second-order valence-electron chi connectivity index (χ2n) is 7.22. The molecule has 1 aliphatic carbocycles. The maximum atomic E-state index is 12.6. The van der Waals surface area contributed by atoms with Crippen molar-refractivity contribution in [3.8, 4) is 0 Å². The number of amides is 1. The molecule has 1 saturated carbocycles. The molecule has 2 rings (SSSR count). The number of hydrogen-bond donors (Lipinski definition) is 2. The maximum absolute atomic E-state index is 12.6. The van der Waals surface area contributed by atoms with Crippen molar-refractivity contribution in [1.29, 1.82) is 0 Å². The van der Waals surface area contributed by atoms with Gasteiger partial charge in [-0.15, -0.1) is 24.8 Å². The highest BCUT2D eigenvalue weighted by Crippen LogP contribution is 2.49. The lowest BCUT2D eigenvalue weighted by Crippen LogP contribution is -2.75. The average molecular weight is 421 g/mol. The number of nitrogens with zero attached hydrogens (tertiary/aromatic N) is 2. The molecule has 1 aromatic rings. The Morgan fingerprint density at radius 2 is 1.93 bits per heavy atom. The normalized spacial score (nSPS) is 22.7. The van der Waals surface area contributed by atoms with Gasteiger partial charge in [0.2, 0.25) is 5.91 Å². The number of pyridine rings is 1. The van der Waals surface area contributed by atoms with Gasteiger partial charge in [-0.2, -0.15) is 0 Å². The molecule has 1 aromatic heterocycles. The standard InChI is InChI=1S/C19H32N4O2.2ClH/c1-6-23(7-2)16-10-9-14(12-21-16)13-22-17(24)19(20)11-15(25-8-3)18(19,4)5;;/h9-10,12,15H,6-8,11,13,20H2,1-5H3,(H,22,24);2*1H. The van der Waals surface area contributed by atoms with Gasteiger partial charge in [0.05, 0.1) is 6.10 Å². The van der Waals surface area contributed by atoms with E-state index in [1.807, 2.05) is 39.1 Å². The highest BCUT2D eigenvalue weighted by atomic mass is 35.5. The van der Waals surface area contributed by atoms with Crippen molar-refractivity contribution >= 4 is 36.5 Å². The van der Waals surface area contributed by atoms with E-state index in [0.717, 1.165) is 24.5 Å². The van der Waals surface area contributed by atoms with Gasteiger partial charge in [0.15, 0.2) is 0 Å². The molecule has 1 amide bonds. The van der Waals surface area contributed by atoms with Crippen LogP contribution in [0.25, 0.3) is 0 Å². The Morgan fingerprint density at radius 3 is 2.37 bits per heavy atom. The Balaban J connectivity index is 0.00000338. The smallest absolute Gasteiger partial charge is 0.241 e. The summed E-state index contributed by atoms with van der Waals surface area (Å²) in [5.41, 5.74) is 6.09. The van der Waals surface area contributed by atoms with Gasteiger partial charge in [0.25, 0.3) is 0 Å². The maximum Gasteiger partial charge on any atom is 0.241 e. The molecule has 156 valence electrons. The number of halogens is 2. The second-order valence-corrected chi connectivity index (χ2v) is 7.22. The molecule has 1 aliphatic rings. The molecule has 0 aliphatic heterocycles. The number of nitrogens with two attached hydrogens (primary N) is 1. The zero-order valence-corrected chi connectivity index (χ0v) is 18.6. The number of hydrogen-bond acceptors (Lipinski definition) is 5. The van der Waals surface area contributed by atoms with Gasteiger partial charge in [-0.25, -0.2) is 4.98 Å². The first-order chi connectivity index (χ1) is 11.8. The molecule has 0 spiro atoms. The van der Waals surface area contributed by atoms with E-state index in [2.05, 4.69) is 29.0 Å². The van der Waals surface area contributed by atoms with Crippen LogP contribution < -0.4 is 16.0 Å². The lowest BCUT2D eigenvalue weighted by molar-refractivity contribution is -0.170. The van der Waals surface area contributed by atoms with E-state index in [9.17, 15) is 4.79 Å². The molecule has 8 heteroatoms. The average Bonchev–Trinajstić information content (AvgIpc) is 2.61. The van der Waals surface area contributed by atoms with Gasteiger partial charge in [-0.1, -0.05) is 19.9 Å². The minimum atomic E-state index is -0.887. The summed E-state index contributed by atoms with van der Waals surface area (Å²) in [5.74, 6) is 0.830. The van der Waals surface area contributed by atoms with Crippen LogP contribution in [-0.2, 0) is 16.1 Å². The van der Waals surface area contributed by atoms with E-state index in [4.69, 9.17) is 10.5 Å². The number of rotatable bonds is 8. The third-order valence-electron chi connectivity index (χ3n) is 5.58. The van der Waals surface area contributed by atoms with Crippen LogP contribution in [0.2, 0.25) is 0 Å². The Kier molecular flexibility index (Phi) is 10.0. The van der Waals surface area contributed by atoms with Crippen molar-refractivity contribution in [1.82, 2.24) is 10.3 Å². The van der Waals surface area contributed by atoms with Crippen LogP contribution in [0.1, 0.15) is 46.6 Å². The first-order valence-electron chi connectivity index (χ1n) is 9.18. The molecule has 3 N–H and O–H groups in total. The summed E-state index contributed by atoms with van der Waals surface area (Å²) >= 11 is 0. The fourth-order valence-corrected chi connectivity index (χ4v) is 3.42. The molecular formula is C19H34Cl2N4O2. The van der Waals surface area contributed by atoms with Gasteiger partial charge >= 0.3 is 0 Å². The van der Waals surface area contributed by atoms with Crippen LogP contribution in [0.4, 0.5) is 5.82 Å². The van der Waals surface area contributed by atoms with Crippen molar-refractivity contribution in [2.24, 2.45) is 11.1 Å². The number of nitrogens with one attached hydrogen (secondary N) is 1. The fourth-order valence-electron chi connectivity index (χ4n) is 3.42. The number of ether oxygens (including phenoxy) is 1. The summed E-state index contributed by atoms with van der Waals surface area (Å²) in [6.07, 6.45) is 2.40. The Hall–Kier alpha value is -1.08. The first-order valence-corrected chi connectivity index (χ1v) is 9.18. The molecule has 1 heterocycles. The third kappa shape index (κ3) is 5.05. The van der Waals surface area contributed by atoms with Gasteiger partial charge in [0.1, 0.15) is 11.4 Å². The van der Waals surface area contributed by atoms with E-state index < -0.39 is 5.54 Å². The van der Waals surface area contributed by atoms with Gasteiger partial charge in [0, 0.05) is 44.3 Å². The van der Waals surface area contributed by atoms with Crippen LogP contribution >= 0.6 is 24.8 Å². The van der Waals surface area contributed by atoms with E-state index >= 15 is 0 Å². The fraction of sp³-hybridized carbons (Fsp3) is 0.684. The first kappa shape index (κ1) is 25.9. The lowest BCUT2D eigenvalue weighted by atomic mass is 9.54. The van der Waals surface area contributed by atoms with Crippen molar-refractivity contribution in [2.75, 3.05) is 24.6 Å². The van der Waals surface area contributed by atoms with Gasteiger partial charge in [-0.05, 0) is 32.4 Å². The van der Waals surface area contributed by atoms with Crippen molar-refractivity contribution in [3.05, 3.63) is 23.9 Å². The third-order valence-corrected chi connectivity index (χ3v) is 5.58. The molecule has 2 atom stereocenters. The zero-order chi connectivity index (χ0) is 18.7. The molecule has 2 unspecified atom stereocenters. The second kappa shape index (κ2) is 10.5. The lowest BCUT2D eigenvalue weighted by Gasteiger charge is -2.57. The highest BCUT2D eigenvalue weighted by Gasteiger charge is 2.62. The van der Waals surface area contributed by atoms with Crippen molar-refractivity contribution in [2.45, 2.75) is 59.2 Å². The minimum absolute atomic E-state index is 0. The zero-order valence-electron chi connectivity index (χ0n) is 16.9. The Labute approximate surface area is 175 Å². The summed E-state index contributed by atoms with van der Waals surface area (Å²) in [5, 5.41) is 2.96. The predicted molar refractivity (Wildman–Crippen MR) is 115 cm³/mol.